The van der Waals surface area contributed by atoms with Gasteiger partial charge < -0.3 is 10.3 Å². The molecular formula is C16H14ClN3O. The van der Waals surface area contributed by atoms with Gasteiger partial charge in [0, 0.05) is 22.2 Å². The molecule has 0 bridgehead atoms. The Labute approximate surface area is 127 Å². The average Bonchev–Trinajstić information content (AvgIpc) is 2.76. The maximum atomic E-state index is 12.3. The molecule has 1 amide bonds. The van der Waals surface area contributed by atoms with Gasteiger partial charge in [0.2, 0.25) is 0 Å². The van der Waals surface area contributed by atoms with Crippen LogP contribution in [0.15, 0.2) is 36.5 Å². The van der Waals surface area contributed by atoms with Crippen LogP contribution in [0.1, 0.15) is 21.6 Å². The van der Waals surface area contributed by atoms with E-state index in [2.05, 4.69) is 15.3 Å². The van der Waals surface area contributed by atoms with Gasteiger partial charge in [-0.1, -0.05) is 11.6 Å². The Kier molecular flexibility index (Phi) is 3.39. The predicted octanol–water partition coefficient (Wildman–Crippen LogP) is 4.09. The van der Waals surface area contributed by atoms with E-state index in [9.17, 15) is 4.79 Å². The number of anilines is 1. The van der Waals surface area contributed by atoms with Crippen LogP contribution in [0.3, 0.4) is 0 Å². The number of aromatic nitrogens is 2. The zero-order valence-electron chi connectivity index (χ0n) is 11.7. The van der Waals surface area contributed by atoms with Gasteiger partial charge in [0.05, 0.1) is 11.9 Å². The van der Waals surface area contributed by atoms with Crippen LogP contribution in [0.5, 0.6) is 0 Å². The van der Waals surface area contributed by atoms with E-state index in [1.54, 1.807) is 18.2 Å². The molecule has 5 heteroatoms. The van der Waals surface area contributed by atoms with Gasteiger partial charge in [-0.25, -0.2) is 4.98 Å². The van der Waals surface area contributed by atoms with Gasteiger partial charge in [0.25, 0.3) is 5.91 Å². The monoisotopic (exact) mass is 299 g/mol. The number of hydrogen-bond acceptors (Lipinski definition) is 2. The quantitative estimate of drug-likeness (QED) is 0.700. The minimum absolute atomic E-state index is 0.167. The molecule has 4 nitrogen and oxygen atoms in total. The predicted molar refractivity (Wildman–Crippen MR) is 85.0 cm³/mol. The van der Waals surface area contributed by atoms with Crippen LogP contribution >= 0.6 is 11.6 Å². The molecule has 0 fully saturated rings. The Morgan fingerprint density at radius 3 is 2.76 bits per heavy atom. The lowest BCUT2D eigenvalue weighted by Crippen LogP contribution is -2.11. The highest BCUT2D eigenvalue weighted by atomic mass is 35.5. The number of halogens is 1. The van der Waals surface area contributed by atoms with E-state index in [1.807, 2.05) is 26.0 Å². The number of fused-ring (bicyclic) bond motifs is 1. The Bertz CT molecular complexity index is 821. The number of nitrogens with one attached hydrogen (secondary N) is 2. The van der Waals surface area contributed by atoms with Gasteiger partial charge in [-0.05, 0) is 49.7 Å². The fourth-order valence-corrected chi connectivity index (χ4v) is 2.37. The first-order chi connectivity index (χ1) is 10.0. The molecule has 3 aromatic rings. The smallest absolute Gasteiger partial charge is 0.255 e. The van der Waals surface area contributed by atoms with Crippen molar-refractivity contribution in [2.45, 2.75) is 13.8 Å². The Morgan fingerprint density at radius 1 is 1.24 bits per heavy atom. The molecular weight excluding hydrogens is 286 g/mol. The molecule has 2 heterocycles. The molecule has 3 rings (SSSR count). The van der Waals surface area contributed by atoms with E-state index in [0.29, 0.717) is 16.4 Å². The second-order valence-electron chi connectivity index (χ2n) is 4.96. The summed E-state index contributed by atoms with van der Waals surface area (Å²) in [5.41, 5.74) is 4.54. The van der Waals surface area contributed by atoms with Crippen molar-refractivity contribution in [3.8, 4) is 0 Å². The second kappa shape index (κ2) is 5.22. The van der Waals surface area contributed by atoms with Crippen molar-refractivity contribution >= 4 is 34.1 Å². The van der Waals surface area contributed by atoms with E-state index in [0.717, 1.165) is 22.2 Å². The number of nitrogens with zero attached hydrogens (tertiary/aromatic N) is 1. The van der Waals surface area contributed by atoms with E-state index in [-0.39, 0.29) is 5.91 Å². The van der Waals surface area contributed by atoms with E-state index in [4.69, 9.17) is 11.6 Å². The van der Waals surface area contributed by atoms with Crippen LogP contribution in [0.2, 0.25) is 5.15 Å². The van der Waals surface area contributed by atoms with Crippen molar-refractivity contribution < 1.29 is 4.79 Å². The summed E-state index contributed by atoms with van der Waals surface area (Å²) in [6, 6.07) is 8.98. The largest absolute Gasteiger partial charge is 0.358 e. The van der Waals surface area contributed by atoms with Crippen LogP contribution in [-0.2, 0) is 0 Å². The molecule has 2 aromatic heterocycles. The van der Waals surface area contributed by atoms with Gasteiger partial charge in [0.1, 0.15) is 5.15 Å². The molecule has 0 atom stereocenters. The van der Waals surface area contributed by atoms with Gasteiger partial charge in [-0.15, -0.1) is 0 Å². The maximum absolute atomic E-state index is 12.3. The SMILES string of the molecule is Cc1[nH]c2ccc(C(=O)Nc3ccc(Cl)nc3)cc2c1C. The minimum Gasteiger partial charge on any atom is -0.358 e. The first kappa shape index (κ1) is 13.6. The molecule has 0 unspecified atom stereocenters. The number of H-pyrrole nitrogens is 1. The maximum Gasteiger partial charge on any atom is 0.255 e. The number of carbonyl (C=O) groups is 1. The van der Waals surface area contributed by atoms with Crippen LogP contribution in [-0.4, -0.2) is 15.9 Å². The molecule has 0 spiro atoms. The van der Waals surface area contributed by atoms with Crippen LogP contribution < -0.4 is 5.32 Å². The third-order valence-corrected chi connectivity index (χ3v) is 3.78. The zero-order valence-corrected chi connectivity index (χ0v) is 12.5. The first-order valence-corrected chi connectivity index (χ1v) is 6.94. The number of benzene rings is 1. The first-order valence-electron chi connectivity index (χ1n) is 6.56. The van der Waals surface area contributed by atoms with Crippen molar-refractivity contribution in [1.82, 2.24) is 9.97 Å². The number of carbonyl (C=O) groups excluding carboxylic acids is 1. The highest BCUT2D eigenvalue weighted by molar-refractivity contribution is 6.29. The van der Waals surface area contributed by atoms with Gasteiger partial charge in [-0.3, -0.25) is 4.79 Å². The van der Waals surface area contributed by atoms with Crippen LogP contribution in [0.4, 0.5) is 5.69 Å². The van der Waals surface area contributed by atoms with Crippen LogP contribution in [0, 0.1) is 13.8 Å². The lowest BCUT2D eigenvalue weighted by atomic mass is 10.1. The lowest BCUT2D eigenvalue weighted by molar-refractivity contribution is 0.102. The van der Waals surface area contributed by atoms with Crippen molar-refractivity contribution in [2.75, 3.05) is 5.32 Å². The van der Waals surface area contributed by atoms with Crippen LogP contribution in [0.25, 0.3) is 10.9 Å². The number of rotatable bonds is 2. The van der Waals surface area contributed by atoms with Crippen molar-refractivity contribution in [3.05, 3.63) is 58.5 Å². The molecule has 106 valence electrons. The topological polar surface area (TPSA) is 57.8 Å². The zero-order chi connectivity index (χ0) is 15.0. The summed E-state index contributed by atoms with van der Waals surface area (Å²) in [5, 5.41) is 4.27. The summed E-state index contributed by atoms with van der Waals surface area (Å²) in [6.07, 6.45) is 1.53. The van der Waals surface area contributed by atoms with Gasteiger partial charge in [0.15, 0.2) is 0 Å². The Hall–Kier alpha value is -2.33. The summed E-state index contributed by atoms with van der Waals surface area (Å²) >= 11 is 5.72. The molecule has 1 aromatic carbocycles. The molecule has 0 radical (unpaired) electrons. The van der Waals surface area contributed by atoms with E-state index < -0.39 is 0 Å². The molecule has 0 aliphatic carbocycles. The number of hydrogen-bond donors (Lipinski definition) is 2. The third kappa shape index (κ3) is 2.62. The molecule has 2 N–H and O–H groups in total. The number of aryl methyl sites for hydroxylation is 2. The summed E-state index contributed by atoms with van der Waals surface area (Å²) < 4.78 is 0. The molecule has 21 heavy (non-hydrogen) atoms. The minimum atomic E-state index is -0.167. The van der Waals surface area contributed by atoms with Gasteiger partial charge >= 0.3 is 0 Å². The van der Waals surface area contributed by atoms with Crippen molar-refractivity contribution in [1.29, 1.82) is 0 Å². The third-order valence-electron chi connectivity index (χ3n) is 3.56. The fraction of sp³-hybridized carbons (Fsp3) is 0.125. The Morgan fingerprint density at radius 2 is 2.05 bits per heavy atom. The highest BCUT2D eigenvalue weighted by Crippen LogP contribution is 2.23. The summed E-state index contributed by atoms with van der Waals surface area (Å²) in [4.78, 5) is 19.5. The van der Waals surface area contributed by atoms with E-state index in [1.165, 1.54) is 6.20 Å². The van der Waals surface area contributed by atoms with E-state index >= 15 is 0 Å². The summed E-state index contributed by atoms with van der Waals surface area (Å²) in [7, 11) is 0. The Balaban J connectivity index is 1.90. The molecule has 0 saturated carbocycles. The standard InChI is InChI=1S/C16H14ClN3O/c1-9-10(2)19-14-5-3-11(7-13(9)14)16(21)20-12-4-6-15(17)18-8-12/h3-8,19H,1-2H3,(H,20,21). The molecule has 0 aliphatic rings. The molecule has 0 aliphatic heterocycles. The van der Waals surface area contributed by atoms with Crippen molar-refractivity contribution in [2.24, 2.45) is 0 Å². The number of pyridine rings is 1. The second-order valence-corrected chi connectivity index (χ2v) is 5.35. The van der Waals surface area contributed by atoms with Gasteiger partial charge in [-0.2, -0.15) is 0 Å². The summed E-state index contributed by atoms with van der Waals surface area (Å²) in [5.74, 6) is -0.167. The highest BCUT2D eigenvalue weighted by Gasteiger charge is 2.10. The average molecular weight is 300 g/mol. The number of aromatic amines is 1. The lowest BCUT2D eigenvalue weighted by Gasteiger charge is -2.05. The normalized spacial score (nSPS) is 10.8. The molecule has 0 saturated heterocycles. The number of amides is 1. The van der Waals surface area contributed by atoms with Crippen molar-refractivity contribution in [3.63, 3.8) is 0 Å². The summed E-state index contributed by atoms with van der Waals surface area (Å²) in [6.45, 7) is 4.06. The fourth-order valence-electron chi connectivity index (χ4n) is 2.26.